The molecule has 1 atom stereocenters. The fraction of sp³-hybridized carbons (Fsp3) is 0.433. The van der Waals surface area contributed by atoms with E-state index in [9.17, 15) is 9.59 Å². The highest BCUT2D eigenvalue weighted by atomic mass is 35.5. The van der Waals surface area contributed by atoms with Crippen LogP contribution < -0.4 is 11.1 Å². The van der Waals surface area contributed by atoms with Crippen LogP contribution >= 0.6 is 11.6 Å². The van der Waals surface area contributed by atoms with E-state index in [1.54, 1.807) is 0 Å². The van der Waals surface area contributed by atoms with Crippen molar-refractivity contribution in [2.24, 2.45) is 17.1 Å². The van der Waals surface area contributed by atoms with Crippen molar-refractivity contribution >= 4 is 34.2 Å². The first-order chi connectivity index (χ1) is 16.9. The summed E-state index contributed by atoms with van der Waals surface area (Å²) in [5.74, 6) is -0.0519. The first-order valence-electron chi connectivity index (χ1n) is 12.7. The van der Waals surface area contributed by atoms with Gasteiger partial charge in [0.2, 0.25) is 5.91 Å². The summed E-state index contributed by atoms with van der Waals surface area (Å²) in [6, 6.07) is 17.4. The third-order valence-electron chi connectivity index (χ3n) is 6.73. The number of fused-ring (bicyclic) bond motifs is 1. The second-order valence-corrected chi connectivity index (χ2v) is 11.6. The quantitative estimate of drug-likeness (QED) is 0.371. The van der Waals surface area contributed by atoms with Gasteiger partial charge in [0.15, 0.2) is 0 Å². The molecule has 1 saturated carbocycles. The number of carbonyl (C=O) groups excluding carboxylic acids is 2. The Morgan fingerprint density at radius 3 is 2.22 bits per heavy atom. The number of nitrogens with one attached hydrogen (secondary N) is 1. The molecule has 0 radical (unpaired) electrons. The molecule has 2 aromatic carbocycles. The lowest BCUT2D eigenvalue weighted by molar-refractivity contribution is -0.124. The summed E-state index contributed by atoms with van der Waals surface area (Å²) in [5.41, 5.74) is 6.73. The minimum absolute atomic E-state index is 0.109. The predicted molar refractivity (Wildman–Crippen MR) is 149 cm³/mol. The molecule has 4 rings (SSSR count). The monoisotopic (exact) mass is 507 g/mol. The summed E-state index contributed by atoms with van der Waals surface area (Å²) in [4.78, 5) is 28.2. The molecule has 1 aliphatic rings. The number of carbonyl (C=O) groups is 2. The van der Waals surface area contributed by atoms with Gasteiger partial charge in [0.1, 0.15) is 5.69 Å². The normalized spacial score (nSPS) is 15.3. The van der Waals surface area contributed by atoms with Crippen LogP contribution in [0, 0.1) is 11.3 Å². The Morgan fingerprint density at radius 1 is 1.06 bits per heavy atom. The Hall–Kier alpha value is -2.92. The van der Waals surface area contributed by atoms with Gasteiger partial charge < -0.3 is 11.1 Å². The van der Waals surface area contributed by atoms with E-state index < -0.39 is 0 Å². The van der Waals surface area contributed by atoms with E-state index >= 15 is 0 Å². The minimum Gasteiger partial charge on any atom is -0.369 e. The van der Waals surface area contributed by atoms with Crippen molar-refractivity contribution in [3.05, 3.63) is 65.3 Å². The first kappa shape index (κ1) is 27.7. The summed E-state index contributed by atoms with van der Waals surface area (Å²) in [6.45, 7) is 10.8. The zero-order valence-electron chi connectivity index (χ0n) is 22.0. The zero-order chi connectivity index (χ0) is 26.5. The lowest BCUT2D eigenvalue weighted by atomic mass is 9.79. The molecule has 3 aromatic rings. The van der Waals surface area contributed by atoms with Crippen LogP contribution in [-0.2, 0) is 4.79 Å². The molecule has 1 aliphatic carbocycles. The zero-order valence-corrected chi connectivity index (χ0v) is 22.8. The fourth-order valence-corrected chi connectivity index (χ4v) is 4.86. The SMILES string of the molecule is CCC(C)(CC(C)(C)C)NC(=O)c1cc2ccccc2c(-c2ccccc2Cl)n1.NC(=O)C1CCC1. The number of hydrogen-bond acceptors (Lipinski definition) is 3. The molecule has 6 heteroatoms. The molecular weight excluding hydrogens is 470 g/mol. The number of aromatic nitrogens is 1. The number of pyridine rings is 1. The van der Waals surface area contributed by atoms with Gasteiger partial charge in [0.05, 0.1) is 5.69 Å². The van der Waals surface area contributed by atoms with Gasteiger partial charge in [-0.25, -0.2) is 4.98 Å². The molecule has 192 valence electrons. The standard InChI is InChI=1S/C25H29ClN2O.C5H9NO/c1-6-25(5,16-24(2,3)4)28-23(29)21-15-17-11-7-8-12-18(17)22(27-21)19-13-9-10-14-20(19)26;6-5(7)4-2-1-3-4/h7-15H,6,16H2,1-5H3,(H,28,29);4H,1-3H2,(H2,6,7). The highest BCUT2D eigenvalue weighted by Gasteiger charge is 2.31. The van der Waals surface area contributed by atoms with Crippen LogP contribution in [0.4, 0.5) is 0 Å². The maximum Gasteiger partial charge on any atom is 0.270 e. The van der Waals surface area contributed by atoms with Crippen molar-refractivity contribution in [2.75, 3.05) is 0 Å². The van der Waals surface area contributed by atoms with E-state index in [4.69, 9.17) is 22.3 Å². The largest absolute Gasteiger partial charge is 0.369 e. The number of hydrogen-bond donors (Lipinski definition) is 2. The van der Waals surface area contributed by atoms with Gasteiger partial charge in [-0.3, -0.25) is 9.59 Å². The number of nitrogens with zero attached hydrogens (tertiary/aromatic N) is 1. The van der Waals surface area contributed by atoms with Crippen molar-refractivity contribution in [2.45, 2.75) is 72.3 Å². The van der Waals surface area contributed by atoms with E-state index in [0.717, 1.165) is 47.7 Å². The molecule has 1 heterocycles. The average molecular weight is 508 g/mol. The highest BCUT2D eigenvalue weighted by molar-refractivity contribution is 6.33. The van der Waals surface area contributed by atoms with E-state index in [-0.39, 0.29) is 28.7 Å². The van der Waals surface area contributed by atoms with Crippen molar-refractivity contribution < 1.29 is 9.59 Å². The second kappa shape index (κ2) is 11.4. The lowest BCUT2D eigenvalue weighted by Crippen LogP contribution is -2.48. The number of amides is 2. The van der Waals surface area contributed by atoms with E-state index in [1.165, 1.54) is 6.42 Å². The van der Waals surface area contributed by atoms with Crippen LogP contribution in [0.1, 0.15) is 77.2 Å². The van der Waals surface area contributed by atoms with Gasteiger partial charge in [-0.1, -0.05) is 88.2 Å². The van der Waals surface area contributed by atoms with E-state index in [1.807, 2.05) is 54.6 Å². The maximum absolute atomic E-state index is 13.2. The van der Waals surface area contributed by atoms with Crippen LogP contribution in [0.5, 0.6) is 0 Å². The fourth-order valence-electron chi connectivity index (χ4n) is 4.63. The van der Waals surface area contributed by atoms with Crippen molar-refractivity contribution in [1.29, 1.82) is 0 Å². The Labute approximate surface area is 219 Å². The van der Waals surface area contributed by atoms with Crippen molar-refractivity contribution in [1.82, 2.24) is 10.3 Å². The maximum atomic E-state index is 13.2. The van der Waals surface area contributed by atoms with Gasteiger partial charge in [-0.05, 0) is 55.5 Å². The third-order valence-corrected chi connectivity index (χ3v) is 7.06. The molecule has 2 amide bonds. The van der Waals surface area contributed by atoms with Crippen LogP contribution in [-0.4, -0.2) is 22.3 Å². The van der Waals surface area contributed by atoms with Crippen LogP contribution in [0.2, 0.25) is 5.02 Å². The van der Waals surface area contributed by atoms with Crippen molar-refractivity contribution in [3.8, 4) is 11.3 Å². The third kappa shape index (κ3) is 7.07. The molecule has 36 heavy (non-hydrogen) atoms. The number of nitrogens with two attached hydrogens (primary N) is 1. The van der Waals surface area contributed by atoms with Crippen LogP contribution in [0.3, 0.4) is 0 Å². The second-order valence-electron chi connectivity index (χ2n) is 11.2. The van der Waals surface area contributed by atoms with Gasteiger partial charge in [-0.2, -0.15) is 0 Å². The summed E-state index contributed by atoms with van der Waals surface area (Å²) in [7, 11) is 0. The van der Waals surface area contributed by atoms with Crippen LogP contribution in [0.15, 0.2) is 54.6 Å². The van der Waals surface area contributed by atoms with Crippen LogP contribution in [0.25, 0.3) is 22.0 Å². The number of primary amides is 1. The Balaban J connectivity index is 0.000000444. The molecule has 0 aliphatic heterocycles. The van der Waals surface area contributed by atoms with E-state index in [0.29, 0.717) is 10.7 Å². The summed E-state index contributed by atoms with van der Waals surface area (Å²) >= 11 is 6.45. The number of benzene rings is 2. The summed E-state index contributed by atoms with van der Waals surface area (Å²) in [6.07, 6.45) is 4.96. The van der Waals surface area contributed by atoms with E-state index in [2.05, 4.69) is 39.9 Å². The molecule has 5 nitrogen and oxygen atoms in total. The molecule has 0 spiro atoms. The Kier molecular flexibility index (Phi) is 8.78. The lowest BCUT2D eigenvalue weighted by Gasteiger charge is -2.35. The molecule has 3 N–H and O–H groups in total. The molecule has 1 aromatic heterocycles. The Bertz CT molecular complexity index is 1230. The predicted octanol–water partition coefficient (Wildman–Crippen LogP) is 7.16. The molecule has 1 unspecified atom stereocenters. The van der Waals surface area contributed by atoms with Gasteiger partial charge in [-0.15, -0.1) is 0 Å². The first-order valence-corrected chi connectivity index (χ1v) is 13.1. The summed E-state index contributed by atoms with van der Waals surface area (Å²) in [5, 5.41) is 5.80. The smallest absolute Gasteiger partial charge is 0.270 e. The highest BCUT2D eigenvalue weighted by Crippen LogP contribution is 2.33. The number of halogens is 1. The summed E-state index contributed by atoms with van der Waals surface area (Å²) < 4.78 is 0. The van der Waals surface area contributed by atoms with Gasteiger partial charge >= 0.3 is 0 Å². The molecule has 0 bridgehead atoms. The Morgan fingerprint density at radius 2 is 1.69 bits per heavy atom. The van der Waals surface area contributed by atoms with Crippen molar-refractivity contribution in [3.63, 3.8) is 0 Å². The number of rotatable bonds is 6. The molecular formula is C30H38ClN3O2. The molecule has 0 saturated heterocycles. The molecule has 1 fully saturated rings. The average Bonchev–Trinajstić information content (AvgIpc) is 2.76. The van der Waals surface area contributed by atoms with Gasteiger partial charge in [0, 0.05) is 27.4 Å². The minimum atomic E-state index is -0.298. The van der Waals surface area contributed by atoms with Gasteiger partial charge in [0.25, 0.3) is 5.91 Å². The topological polar surface area (TPSA) is 85.1 Å².